The molecule has 2 unspecified atom stereocenters. The van der Waals surface area contributed by atoms with E-state index in [4.69, 9.17) is 4.99 Å². The van der Waals surface area contributed by atoms with Crippen molar-refractivity contribution in [1.29, 1.82) is 0 Å². The van der Waals surface area contributed by atoms with Crippen molar-refractivity contribution in [3.8, 4) is 5.75 Å². The van der Waals surface area contributed by atoms with Gasteiger partial charge in [-0.3, -0.25) is 4.99 Å². The SMILES string of the molecule is Cc1cc(C(C)(C)C)c(O)c(C2(C3CCCCC3)CCP(C3CCCCC3)C2=Nc2ccc3ccccc3c2)c1. The Bertz CT molecular complexity index is 1390. The zero-order valence-electron chi connectivity index (χ0n) is 25.2. The molecule has 3 aromatic rings. The summed E-state index contributed by atoms with van der Waals surface area (Å²) in [5.41, 5.74) is 6.64. The normalized spacial score (nSPS) is 26.1. The van der Waals surface area contributed by atoms with E-state index in [1.165, 1.54) is 97.7 Å². The van der Waals surface area contributed by atoms with Gasteiger partial charge < -0.3 is 5.11 Å². The van der Waals surface area contributed by atoms with Crippen molar-refractivity contribution >= 4 is 29.8 Å². The number of phenolic OH excluding ortho intramolecular Hbond substituents is 1. The van der Waals surface area contributed by atoms with Crippen LogP contribution in [0.25, 0.3) is 10.8 Å². The third-order valence-electron chi connectivity index (χ3n) is 10.2. The molecule has 0 spiro atoms. The number of rotatable bonds is 4. The first-order chi connectivity index (χ1) is 19.3. The van der Waals surface area contributed by atoms with E-state index in [-0.39, 0.29) is 18.8 Å². The average Bonchev–Trinajstić information content (AvgIpc) is 3.34. The third kappa shape index (κ3) is 5.15. The summed E-state index contributed by atoms with van der Waals surface area (Å²) in [5.74, 6) is 1.10. The highest BCUT2D eigenvalue weighted by molar-refractivity contribution is 7.76. The highest BCUT2D eigenvalue weighted by Gasteiger charge is 2.54. The predicted octanol–water partition coefficient (Wildman–Crippen LogP) is 10.9. The van der Waals surface area contributed by atoms with Crippen LogP contribution in [0.5, 0.6) is 5.75 Å². The van der Waals surface area contributed by atoms with E-state index in [0.717, 1.165) is 23.3 Å². The average molecular weight is 554 g/mol. The molecular weight excluding hydrogens is 505 g/mol. The molecule has 1 saturated heterocycles. The van der Waals surface area contributed by atoms with Crippen molar-refractivity contribution in [2.45, 2.75) is 115 Å². The minimum absolute atomic E-state index is 0.110. The third-order valence-corrected chi connectivity index (χ3v) is 13.4. The zero-order valence-corrected chi connectivity index (χ0v) is 26.1. The maximum atomic E-state index is 12.2. The van der Waals surface area contributed by atoms with Crippen LogP contribution < -0.4 is 0 Å². The fourth-order valence-electron chi connectivity index (χ4n) is 8.20. The lowest BCUT2D eigenvalue weighted by Crippen LogP contribution is -2.41. The Kier molecular flexibility index (Phi) is 7.86. The van der Waals surface area contributed by atoms with Crippen molar-refractivity contribution in [1.82, 2.24) is 0 Å². The van der Waals surface area contributed by atoms with Crippen molar-refractivity contribution in [2.24, 2.45) is 10.9 Å². The first-order valence-corrected chi connectivity index (χ1v) is 17.6. The summed E-state index contributed by atoms with van der Waals surface area (Å²) in [6.45, 7) is 8.95. The summed E-state index contributed by atoms with van der Waals surface area (Å²) in [4.78, 5) is 5.77. The van der Waals surface area contributed by atoms with Crippen LogP contribution >= 0.6 is 7.92 Å². The molecule has 1 aliphatic heterocycles. The van der Waals surface area contributed by atoms with Crippen molar-refractivity contribution in [3.63, 3.8) is 0 Å². The van der Waals surface area contributed by atoms with Crippen molar-refractivity contribution < 1.29 is 5.11 Å². The number of benzene rings is 3. The van der Waals surface area contributed by atoms with Crippen LogP contribution in [0.4, 0.5) is 5.69 Å². The van der Waals surface area contributed by atoms with Gasteiger partial charge in [-0.15, -0.1) is 0 Å². The minimum Gasteiger partial charge on any atom is -0.507 e. The van der Waals surface area contributed by atoms with Gasteiger partial charge in [0.05, 0.1) is 11.1 Å². The lowest BCUT2D eigenvalue weighted by molar-refractivity contribution is 0.256. The smallest absolute Gasteiger partial charge is 0.123 e. The second-order valence-electron chi connectivity index (χ2n) is 14.0. The lowest BCUT2D eigenvalue weighted by atomic mass is 9.63. The molecule has 0 bridgehead atoms. The number of phenols is 1. The van der Waals surface area contributed by atoms with Gasteiger partial charge in [0.15, 0.2) is 0 Å². The van der Waals surface area contributed by atoms with Crippen LogP contribution in [-0.4, -0.2) is 22.4 Å². The van der Waals surface area contributed by atoms with Gasteiger partial charge in [0.2, 0.25) is 0 Å². The number of hydrogen-bond acceptors (Lipinski definition) is 2. The standard InChI is InChI=1S/C37H48NOP/c1-26-23-32(36(2,3)4)34(39)33(24-26)37(29-15-7-5-8-16-29)21-22-40(31-17-9-6-10-18-31)35(37)38-30-20-19-27-13-11-12-14-28(27)25-30/h11-14,19-20,23-25,29,31,39H,5-10,15-18,21-22H2,1-4H3. The molecule has 3 aromatic carbocycles. The van der Waals surface area contributed by atoms with Crippen LogP contribution in [0.3, 0.4) is 0 Å². The molecule has 1 N–H and O–H groups in total. The molecule has 2 nitrogen and oxygen atoms in total. The number of aryl methyl sites for hydroxylation is 1. The quantitative estimate of drug-likeness (QED) is 0.320. The number of aromatic hydroxyl groups is 1. The van der Waals surface area contributed by atoms with Gasteiger partial charge in [0.25, 0.3) is 0 Å². The minimum atomic E-state index is -0.351. The molecule has 3 aliphatic rings. The molecule has 6 rings (SSSR count). The van der Waals surface area contributed by atoms with E-state index >= 15 is 0 Å². The summed E-state index contributed by atoms with van der Waals surface area (Å²) in [5, 5.41) is 14.7. The molecule has 0 amide bonds. The molecule has 3 fully saturated rings. The first kappa shape index (κ1) is 28.0. The van der Waals surface area contributed by atoms with E-state index in [2.05, 4.69) is 82.3 Å². The molecule has 40 heavy (non-hydrogen) atoms. The molecule has 2 aliphatic carbocycles. The van der Waals surface area contributed by atoms with E-state index in [1.54, 1.807) is 0 Å². The van der Waals surface area contributed by atoms with E-state index in [0.29, 0.717) is 11.7 Å². The number of fused-ring (bicyclic) bond motifs is 1. The Hall–Kier alpha value is -2.18. The molecule has 3 heteroatoms. The van der Waals surface area contributed by atoms with Crippen LogP contribution in [0, 0.1) is 12.8 Å². The molecule has 2 atom stereocenters. The molecule has 2 saturated carbocycles. The van der Waals surface area contributed by atoms with Gasteiger partial charge in [0.1, 0.15) is 5.75 Å². The highest BCUT2D eigenvalue weighted by atomic mass is 31.1. The Morgan fingerprint density at radius 3 is 2.20 bits per heavy atom. The Labute approximate surface area is 243 Å². The molecule has 0 aromatic heterocycles. The summed E-state index contributed by atoms with van der Waals surface area (Å²) in [7, 11) is -0.351. The molecule has 0 radical (unpaired) electrons. The van der Waals surface area contributed by atoms with Gasteiger partial charge in [-0.25, -0.2) is 0 Å². The summed E-state index contributed by atoms with van der Waals surface area (Å²) in [6.07, 6.45) is 15.7. The van der Waals surface area contributed by atoms with Crippen molar-refractivity contribution in [3.05, 3.63) is 71.3 Å². The summed E-state index contributed by atoms with van der Waals surface area (Å²) < 4.78 is 0. The van der Waals surface area contributed by atoms with Gasteiger partial charge in [-0.05, 0) is 90.7 Å². The van der Waals surface area contributed by atoms with Crippen LogP contribution in [0.1, 0.15) is 108 Å². The van der Waals surface area contributed by atoms with Crippen LogP contribution in [0.2, 0.25) is 0 Å². The van der Waals surface area contributed by atoms with Crippen LogP contribution in [-0.2, 0) is 10.8 Å². The van der Waals surface area contributed by atoms with Crippen LogP contribution in [0.15, 0.2) is 59.6 Å². The fourth-order valence-corrected chi connectivity index (χ4v) is 11.9. The summed E-state index contributed by atoms with van der Waals surface area (Å²) >= 11 is 0. The van der Waals surface area contributed by atoms with Crippen molar-refractivity contribution in [2.75, 3.05) is 6.16 Å². The highest BCUT2D eigenvalue weighted by Crippen LogP contribution is 2.66. The Balaban J connectivity index is 1.59. The fraction of sp³-hybridized carbons (Fsp3) is 0.541. The van der Waals surface area contributed by atoms with E-state index < -0.39 is 0 Å². The van der Waals surface area contributed by atoms with E-state index in [1.807, 2.05) is 0 Å². The number of hydrogen-bond donors (Lipinski definition) is 1. The number of aliphatic imine (C=N–C) groups is 1. The first-order valence-electron chi connectivity index (χ1n) is 16.0. The second-order valence-corrected chi connectivity index (χ2v) is 16.5. The second kappa shape index (κ2) is 11.2. The Morgan fingerprint density at radius 2 is 1.50 bits per heavy atom. The Morgan fingerprint density at radius 1 is 0.825 bits per heavy atom. The van der Waals surface area contributed by atoms with E-state index in [9.17, 15) is 5.11 Å². The maximum Gasteiger partial charge on any atom is 0.123 e. The molecular formula is C37H48NOP. The van der Waals surface area contributed by atoms with Gasteiger partial charge >= 0.3 is 0 Å². The topological polar surface area (TPSA) is 32.6 Å². The zero-order chi connectivity index (χ0) is 27.9. The monoisotopic (exact) mass is 553 g/mol. The predicted molar refractivity (Wildman–Crippen MR) is 174 cm³/mol. The molecule has 212 valence electrons. The molecule has 1 heterocycles. The number of nitrogens with zero attached hydrogens (tertiary/aromatic N) is 1. The lowest BCUT2D eigenvalue weighted by Gasteiger charge is -2.43. The van der Waals surface area contributed by atoms with Gasteiger partial charge in [0, 0.05) is 11.0 Å². The summed E-state index contributed by atoms with van der Waals surface area (Å²) in [6, 6.07) is 20.0. The largest absolute Gasteiger partial charge is 0.507 e. The van der Waals surface area contributed by atoms with Gasteiger partial charge in [-0.2, -0.15) is 0 Å². The maximum absolute atomic E-state index is 12.2. The van der Waals surface area contributed by atoms with Gasteiger partial charge in [-0.1, -0.05) is 115 Å².